The van der Waals surface area contributed by atoms with Crippen LogP contribution in [0, 0.1) is 5.92 Å². The molecular formula is C10H17. The molecule has 0 atom stereocenters. The van der Waals surface area contributed by atoms with Gasteiger partial charge in [0.25, 0.3) is 0 Å². The van der Waals surface area contributed by atoms with E-state index in [1.807, 2.05) is 0 Å². The zero-order valence-corrected chi connectivity index (χ0v) is 6.90. The summed E-state index contributed by atoms with van der Waals surface area (Å²) in [5.41, 5.74) is 0. The molecule has 0 aromatic heterocycles. The van der Waals surface area contributed by atoms with E-state index in [4.69, 9.17) is 0 Å². The molecule has 0 saturated carbocycles. The van der Waals surface area contributed by atoms with E-state index in [1.165, 1.54) is 38.5 Å². The predicted molar refractivity (Wildman–Crippen MR) is 45.8 cm³/mol. The Hall–Kier alpha value is -0.260. The van der Waals surface area contributed by atoms with Crippen molar-refractivity contribution >= 4 is 0 Å². The fraction of sp³-hybridized carbons (Fsp3) is 0.700. The summed E-state index contributed by atoms with van der Waals surface area (Å²) in [6, 6.07) is 0. The van der Waals surface area contributed by atoms with Crippen molar-refractivity contribution in [2.75, 3.05) is 0 Å². The van der Waals surface area contributed by atoms with Crippen molar-refractivity contribution < 1.29 is 0 Å². The van der Waals surface area contributed by atoms with Crippen molar-refractivity contribution in [3.05, 3.63) is 18.1 Å². The predicted octanol–water partition coefficient (Wildman–Crippen LogP) is 3.49. The molecule has 10 heavy (non-hydrogen) atoms. The molecule has 1 aliphatic carbocycles. The van der Waals surface area contributed by atoms with Gasteiger partial charge in [-0.15, -0.1) is 0 Å². The van der Waals surface area contributed by atoms with Gasteiger partial charge < -0.3 is 0 Å². The molecule has 57 valence electrons. The van der Waals surface area contributed by atoms with Crippen LogP contribution in [0.1, 0.15) is 45.4 Å². The molecule has 0 bridgehead atoms. The van der Waals surface area contributed by atoms with Gasteiger partial charge in [0.15, 0.2) is 0 Å². The molecule has 0 aliphatic heterocycles. The van der Waals surface area contributed by atoms with Gasteiger partial charge >= 0.3 is 0 Å². The van der Waals surface area contributed by atoms with Crippen molar-refractivity contribution in [1.82, 2.24) is 0 Å². The van der Waals surface area contributed by atoms with E-state index in [0.717, 1.165) is 0 Å². The van der Waals surface area contributed by atoms with Crippen LogP contribution in [-0.4, -0.2) is 0 Å². The normalized spacial score (nSPS) is 18.5. The smallest absolute Gasteiger partial charge is 0.00243 e. The van der Waals surface area contributed by atoms with E-state index < -0.39 is 0 Å². The first-order chi connectivity index (χ1) is 4.93. The van der Waals surface area contributed by atoms with Crippen LogP contribution in [0.2, 0.25) is 0 Å². The molecule has 0 fully saturated rings. The highest BCUT2D eigenvalue weighted by Crippen LogP contribution is 2.24. The second kappa shape index (κ2) is 4.54. The van der Waals surface area contributed by atoms with Crippen molar-refractivity contribution in [3.8, 4) is 0 Å². The number of hydrogen-bond donors (Lipinski definition) is 0. The third-order valence-electron chi connectivity index (χ3n) is 2.09. The Morgan fingerprint density at radius 1 is 1.40 bits per heavy atom. The van der Waals surface area contributed by atoms with Gasteiger partial charge in [-0.25, -0.2) is 0 Å². The summed E-state index contributed by atoms with van der Waals surface area (Å²) in [4.78, 5) is 0. The molecule has 0 spiro atoms. The van der Waals surface area contributed by atoms with Crippen molar-refractivity contribution in [2.45, 2.75) is 45.4 Å². The first-order valence-electron chi connectivity index (χ1n) is 4.44. The highest BCUT2D eigenvalue weighted by molar-refractivity contribution is 5.15. The van der Waals surface area contributed by atoms with Crippen LogP contribution in [-0.2, 0) is 0 Å². The van der Waals surface area contributed by atoms with Crippen molar-refractivity contribution in [3.63, 3.8) is 0 Å². The molecule has 1 rings (SSSR count). The molecule has 0 nitrogen and oxygen atoms in total. The number of unbranched alkanes of at least 4 members (excludes halogenated alkanes) is 2. The minimum Gasteiger partial charge on any atom is -0.0879 e. The second-order valence-corrected chi connectivity index (χ2v) is 3.06. The fourth-order valence-corrected chi connectivity index (χ4v) is 1.41. The summed E-state index contributed by atoms with van der Waals surface area (Å²) in [7, 11) is 0. The molecule has 0 heteroatoms. The van der Waals surface area contributed by atoms with Gasteiger partial charge in [-0.3, -0.25) is 0 Å². The minimum atomic E-state index is 1.29. The van der Waals surface area contributed by atoms with Gasteiger partial charge in [-0.1, -0.05) is 38.3 Å². The lowest BCUT2D eigenvalue weighted by atomic mass is 10.0. The van der Waals surface area contributed by atoms with Gasteiger partial charge in [0.1, 0.15) is 0 Å². The molecule has 1 aliphatic rings. The summed E-state index contributed by atoms with van der Waals surface area (Å²) in [5, 5.41) is 0. The van der Waals surface area contributed by atoms with Gasteiger partial charge in [0, 0.05) is 0 Å². The summed E-state index contributed by atoms with van der Waals surface area (Å²) in [5.74, 6) is 1.67. The largest absolute Gasteiger partial charge is 0.0879 e. The molecule has 0 saturated heterocycles. The number of hydrogen-bond acceptors (Lipinski definition) is 0. The molecule has 0 aromatic carbocycles. The summed E-state index contributed by atoms with van der Waals surface area (Å²) < 4.78 is 0. The Morgan fingerprint density at radius 2 is 2.30 bits per heavy atom. The van der Waals surface area contributed by atoms with Gasteiger partial charge in [-0.2, -0.15) is 0 Å². The molecule has 0 unspecified atom stereocenters. The first-order valence-corrected chi connectivity index (χ1v) is 4.44. The van der Waals surface area contributed by atoms with Crippen LogP contribution in [0.25, 0.3) is 0 Å². The zero-order chi connectivity index (χ0) is 7.23. The standard InChI is InChI=1S/C10H17/c1-2-3-4-7-10-8-5-6-9-10/h5,8H,2-4,6-7,9H2,1H3. The number of allylic oxidation sites excluding steroid dienone is 2. The lowest BCUT2D eigenvalue weighted by Crippen LogP contribution is -1.87. The van der Waals surface area contributed by atoms with Crippen molar-refractivity contribution in [2.24, 2.45) is 0 Å². The summed E-state index contributed by atoms with van der Waals surface area (Å²) in [6.07, 6.45) is 12.7. The molecule has 0 amide bonds. The SMILES string of the molecule is CCCCC[C]1C=CCC1. The quantitative estimate of drug-likeness (QED) is 0.520. The topological polar surface area (TPSA) is 0 Å². The molecular weight excluding hydrogens is 120 g/mol. The average Bonchev–Trinajstić information content (AvgIpc) is 2.41. The second-order valence-electron chi connectivity index (χ2n) is 3.06. The summed E-state index contributed by atoms with van der Waals surface area (Å²) >= 11 is 0. The van der Waals surface area contributed by atoms with Gasteiger partial charge in [0.2, 0.25) is 0 Å². The van der Waals surface area contributed by atoms with Crippen LogP contribution < -0.4 is 0 Å². The number of rotatable bonds is 4. The van der Waals surface area contributed by atoms with E-state index in [2.05, 4.69) is 19.1 Å². The Morgan fingerprint density at radius 3 is 2.90 bits per heavy atom. The van der Waals surface area contributed by atoms with Gasteiger partial charge in [0.05, 0.1) is 0 Å². The minimum absolute atomic E-state index is 1.29. The Bertz CT molecular complexity index is 103. The lowest BCUT2D eigenvalue weighted by molar-refractivity contribution is 0.672. The lowest BCUT2D eigenvalue weighted by Gasteiger charge is -2.04. The highest BCUT2D eigenvalue weighted by Gasteiger charge is 2.07. The maximum absolute atomic E-state index is 2.32. The monoisotopic (exact) mass is 137 g/mol. The first kappa shape index (κ1) is 7.84. The molecule has 0 N–H and O–H groups in total. The van der Waals surface area contributed by atoms with E-state index in [0.29, 0.717) is 0 Å². The Balaban J connectivity index is 1.97. The van der Waals surface area contributed by atoms with E-state index in [1.54, 1.807) is 5.92 Å². The van der Waals surface area contributed by atoms with E-state index in [-0.39, 0.29) is 0 Å². The maximum Gasteiger partial charge on any atom is -0.00243 e. The van der Waals surface area contributed by atoms with Crippen LogP contribution in [0.3, 0.4) is 0 Å². The molecule has 1 radical (unpaired) electrons. The Labute approximate surface area is 64.3 Å². The zero-order valence-electron chi connectivity index (χ0n) is 6.90. The van der Waals surface area contributed by atoms with Gasteiger partial charge in [-0.05, 0) is 25.2 Å². The third kappa shape index (κ3) is 2.55. The van der Waals surface area contributed by atoms with Crippen LogP contribution in [0.5, 0.6) is 0 Å². The van der Waals surface area contributed by atoms with E-state index >= 15 is 0 Å². The summed E-state index contributed by atoms with van der Waals surface area (Å²) in [6.45, 7) is 2.26. The van der Waals surface area contributed by atoms with Crippen molar-refractivity contribution in [1.29, 1.82) is 0 Å². The highest BCUT2D eigenvalue weighted by atomic mass is 14.1. The molecule has 0 heterocycles. The fourth-order valence-electron chi connectivity index (χ4n) is 1.41. The van der Waals surface area contributed by atoms with Crippen LogP contribution >= 0.6 is 0 Å². The maximum atomic E-state index is 2.32. The Kier molecular flexibility index (Phi) is 3.56. The van der Waals surface area contributed by atoms with Crippen LogP contribution in [0.4, 0.5) is 0 Å². The molecule has 0 aromatic rings. The third-order valence-corrected chi connectivity index (χ3v) is 2.09. The average molecular weight is 137 g/mol. The van der Waals surface area contributed by atoms with E-state index in [9.17, 15) is 0 Å². The van der Waals surface area contributed by atoms with Crippen LogP contribution in [0.15, 0.2) is 12.2 Å².